The van der Waals surface area contributed by atoms with Crippen LogP contribution in [0.5, 0.6) is 0 Å². The molecule has 0 spiro atoms. The molecule has 19 heavy (non-hydrogen) atoms. The molecule has 8 heteroatoms. The fraction of sp³-hybridized carbons (Fsp3) is 0.909. The second-order valence-corrected chi connectivity index (χ2v) is 4.89. The smallest absolute Gasteiger partial charge is 0.389 e. The summed E-state index contributed by atoms with van der Waals surface area (Å²) in [5, 5.41) is 11.7. The second kappa shape index (κ2) is 6.95. The van der Waals surface area contributed by atoms with Gasteiger partial charge in [0.2, 0.25) is 0 Å². The number of alkyl halides is 3. The molecule has 1 rings (SSSR count). The largest absolute Gasteiger partial charge is 0.396 e. The molecule has 1 heterocycles. The maximum absolute atomic E-state index is 12.4. The molecule has 0 aromatic carbocycles. The normalized spacial score (nSPS) is 24.5. The molecule has 2 unspecified atom stereocenters. The highest BCUT2D eigenvalue weighted by Crippen LogP contribution is 2.30. The van der Waals surface area contributed by atoms with Crippen LogP contribution in [0.3, 0.4) is 0 Å². The first-order chi connectivity index (χ1) is 8.81. The van der Waals surface area contributed by atoms with E-state index in [1.165, 1.54) is 4.90 Å². The van der Waals surface area contributed by atoms with Crippen LogP contribution in [0.1, 0.15) is 19.3 Å². The summed E-state index contributed by atoms with van der Waals surface area (Å²) < 4.78 is 37.2. The minimum absolute atomic E-state index is 0.0191. The molecule has 2 amide bonds. The van der Waals surface area contributed by atoms with Crippen molar-refractivity contribution in [1.82, 2.24) is 10.2 Å². The van der Waals surface area contributed by atoms with Gasteiger partial charge in [0.25, 0.3) is 0 Å². The third-order valence-electron chi connectivity index (χ3n) is 3.14. The Labute approximate surface area is 109 Å². The van der Waals surface area contributed by atoms with Gasteiger partial charge < -0.3 is 21.1 Å². The number of primary amides is 1. The van der Waals surface area contributed by atoms with Crippen molar-refractivity contribution in [3.8, 4) is 0 Å². The van der Waals surface area contributed by atoms with Gasteiger partial charge in [0.1, 0.15) is 0 Å². The zero-order valence-electron chi connectivity index (χ0n) is 10.6. The number of hydrogen-bond acceptors (Lipinski definition) is 3. The first-order valence-electron chi connectivity index (χ1n) is 6.27. The summed E-state index contributed by atoms with van der Waals surface area (Å²) in [7, 11) is 0. The van der Waals surface area contributed by atoms with Crippen LogP contribution in [-0.2, 0) is 0 Å². The molecule has 0 aliphatic carbocycles. The molecular weight excluding hydrogens is 263 g/mol. The molecule has 0 aromatic heterocycles. The Morgan fingerprint density at radius 1 is 1.42 bits per heavy atom. The number of halogens is 3. The monoisotopic (exact) mass is 283 g/mol. The lowest BCUT2D eigenvalue weighted by molar-refractivity contribution is -0.148. The van der Waals surface area contributed by atoms with E-state index in [2.05, 4.69) is 5.32 Å². The lowest BCUT2D eigenvalue weighted by atomic mass is 9.91. The van der Waals surface area contributed by atoms with E-state index >= 15 is 0 Å². The summed E-state index contributed by atoms with van der Waals surface area (Å²) in [5.74, 6) is -0.632. The minimum Gasteiger partial charge on any atom is -0.396 e. The average molecular weight is 283 g/mol. The number of piperidine rings is 1. The first-order valence-corrected chi connectivity index (χ1v) is 6.27. The number of aliphatic hydroxyl groups excluding tert-OH is 1. The van der Waals surface area contributed by atoms with E-state index in [1.54, 1.807) is 0 Å². The molecular formula is C11H20F3N3O2. The third-order valence-corrected chi connectivity index (χ3v) is 3.14. The van der Waals surface area contributed by atoms with Crippen LogP contribution in [0.4, 0.5) is 18.0 Å². The predicted molar refractivity (Wildman–Crippen MR) is 63.4 cm³/mol. The van der Waals surface area contributed by atoms with Gasteiger partial charge in [-0.3, -0.25) is 0 Å². The Hall–Kier alpha value is -1.02. The van der Waals surface area contributed by atoms with Gasteiger partial charge in [0.15, 0.2) is 0 Å². The van der Waals surface area contributed by atoms with Gasteiger partial charge in [-0.05, 0) is 25.3 Å². The highest BCUT2D eigenvalue weighted by atomic mass is 19.4. The number of hydrogen-bond donors (Lipinski definition) is 3. The standard InChI is InChI=1S/C11H20F3N3O2/c12-11(13,14)5-8-4-9(16-2-1-3-18)7-17(6-8)10(15)19/h8-9,16,18H,1-7H2,(H2,15,19). The van der Waals surface area contributed by atoms with Gasteiger partial charge in [-0.25, -0.2) is 4.79 Å². The number of likely N-dealkylation sites (tertiary alicyclic amines) is 1. The minimum atomic E-state index is -4.24. The van der Waals surface area contributed by atoms with Gasteiger partial charge in [0, 0.05) is 32.2 Å². The Balaban J connectivity index is 2.55. The summed E-state index contributed by atoms with van der Waals surface area (Å²) in [4.78, 5) is 12.4. The summed E-state index contributed by atoms with van der Waals surface area (Å²) in [5.41, 5.74) is 5.15. The highest BCUT2D eigenvalue weighted by Gasteiger charge is 2.37. The number of urea groups is 1. The maximum atomic E-state index is 12.4. The van der Waals surface area contributed by atoms with Gasteiger partial charge in [-0.2, -0.15) is 13.2 Å². The van der Waals surface area contributed by atoms with E-state index in [9.17, 15) is 18.0 Å². The number of rotatable bonds is 5. The molecule has 112 valence electrons. The molecule has 4 N–H and O–H groups in total. The van der Waals surface area contributed by atoms with Crippen LogP contribution < -0.4 is 11.1 Å². The molecule has 0 bridgehead atoms. The van der Waals surface area contributed by atoms with E-state index in [1.807, 2.05) is 0 Å². The van der Waals surface area contributed by atoms with Gasteiger partial charge >= 0.3 is 12.2 Å². The molecule has 2 atom stereocenters. The zero-order valence-corrected chi connectivity index (χ0v) is 10.6. The molecule has 1 aliphatic heterocycles. The van der Waals surface area contributed by atoms with Crippen molar-refractivity contribution in [3.05, 3.63) is 0 Å². The zero-order chi connectivity index (χ0) is 14.5. The second-order valence-electron chi connectivity index (χ2n) is 4.89. The van der Waals surface area contributed by atoms with Crippen LogP contribution in [0.2, 0.25) is 0 Å². The van der Waals surface area contributed by atoms with E-state index in [4.69, 9.17) is 10.8 Å². The van der Waals surface area contributed by atoms with Gasteiger partial charge in [0.05, 0.1) is 0 Å². The number of nitrogens with zero attached hydrogens (tertiary/aromatic N) is 1. The van der Waals surface area contributed by atoms with Crippen LogP contribution in [0.25, 0.3) is 0 Å². The Morgan fingerprint density at radius 3 is 2.63 bits per heavy atom. The Bertz CT molecular complexity index is 299. The van der Waals surface area contributed by atoms with Crippen molar-refractivity contribution in [2.75, 3.05) is 26.2 Å². The molecule has 1 fully saturated rings. The molecule has 0 saturated carbocycles. The predicted octanol–water partition coefficient (Wildman–Crippen LogP) is 0.680. The highest BCUT2D eigenvalue weighted by molar-refractivity contribution is 5.72. The summed E-state index contributed by atoms with van der Waals surface area (Å²) in [6.07, 6.45) is -4.26. The summed E-state index contributed by atoms with van der Waals surface area (Å²) in [6.45, 7) is 0.889. The quantitative estimate of drug-likeness (QED) is 0.649. The fourth-order valence-electron chi connectivity index (χ4n) is 2.39. The van der Waals surface area contributed by atoms with Crippen molar-refractivity contribution in [3.63, 3.8) is 0 Å². The van der Waals surface area contributed by atoms with Crippen molar-refractivity contribution < 1.29 is 23.1 Å². The topological polar surface area (TPSA) is 78.6 Å². The fourth-order valence-corrected chi connectivity index (χ4v) is 2.39. The SMILES string of the molecule is NC(=O)N1CC(CC(F)(F)F)CC(NCCCO)C1. The lowest BCUT2D eigenvalue weighted by Crippen LogP contribution is -2.53. The van der Waals surface area contributed by atoms with E-state index in [0.717, 1.165) is 0 Å². The van der Waals surface area contributed by atoms with E-state index in [-0.39, 0.29) is 19.2 Å². The van der Waals surface area contributed by atoms with Crippen molar-refractivity contribution in [1.29, 1.82) is 0 Å². The van der Waals surface area contributed by atoms with Crippen LogP contribution in [0, 0.1) is 5.92 Å². The number of aliphatic hydroxyl groups is 1. The Morgan fingerprint density at radius 2 is 2.11 bits per heavy atom. The number of nitrogens with one attached hydrogen (secondary N) is 1. The van der Waals surface area contributed by atoms with Crippen LogP contribution >= 0.6 is 0 Å². The molecule has 0 radical (unpaired) electrons. The molecule has 1 aliphatic rings. The number of carbonyl (C=O) groups is 1. The van der Waals surface area contributed by atoms with Crippen molar-refractivity contribution >= 4 is 6.03 Å². The molecule has 0 aromatic rings. The van der Waals surface area contributed by atoms with Crippen molar-refractivity contribution in [2.24, 2.45) is 11.7 Å². The first kappa shape index (κ1) is 16.0. The van der Waals surface area contributed by atoms with Gasteiger partial charge in [-0.15, -0.1) is 0 Å². The number of carbonyl (C=O) groups excluding carboxylic acids is 1. The summed E-state index contributed by atoms with van der Waals surface area (Å²) in [6, 6.07) is -0.902. The number of nitrogens with two attached hydrogens (primary N) is 1. The van der Waals surface area contributed by atoms with Crippen molar-refractivity contribution in [2.45, 2.75) is 31.5 Å². The van der Waals surface area contributed by atoms with E-state index in [0.29, 0.717) is 25.9 Å². The summed E-state index contributed by atoms with van der Waals surface area (Å²) >= 11 is 0. The molecule has 5 nitrogen and oxygen atoms in total. The average Bonchev–Trinajstić information content (AvgIpc) is 2.26. The number of amides is 2. The van der Waals surface area contributed by atoms with Crippen LogP contribution in [-0.4, -0.2) is 54.5 Å². The lowest BCUT2D eigenvalue weighted by Gasteiger charge is -2.37. The maximum Gasteiger partial charge on any atom is 0.389 e. The van der Waals surface area contributed by atoms with Gasteiger partial charge in [-0.1, -0.05) is 0 Å². The molecule has 1 saturated heterocycles. The van der Waals surface area contributed by atoms with E-state index < -0.39 is 24.5 Å². The third kappa shape index (κ3) is 6.11. The van der Waals surface area contributed by atoms with Crippen LogP contribution in [0.15, 0.2) is 0 Å². The Kier molecular flexibility index (Phi) is 5.86.